The van der Waals surface area contributed by atoms with E-state index in [1.54, 1.807) is 12.4 Å². The maximum atomic E-state index is 12.3. The number of thioether (sulfide) groups is 1. The molecule has 1 unspecified atom stereocenters. The lowest BCUT2D eigenvalue weighted by Crippen LogP contribution is -2.38. The Hall–Kier alpha value is -2.19. The Labute approximate surface area is 169 Å². The van der Waals surface area contributed by atoms with Crippen molar-refractivity contribution in [3.8, 4) is 0 Å². The Morgan fingerprint density at radius 1 is 1.18 bits per heavy atom. The molecule has 2 fully saturated rings. The number of aromatic nitrogens is 3. The van der Waals surface area contributed by atoms with Crippen LogP contribution in [0, 0.1) is 0 Å². The molecule has 2 aliphatic rings. The van der Waals surface area contributed by atoms with Crippen LogP contribution in [0.1, 0.15) is 30.9 Å². The average Bonchev–Trinajstić information content (AvgIpc) is 3.22. The van der Waals surface area contributed by atoms with Crippen molar-refractivity contribution in [3.05, 3.63) is 42.5 Å². The third-order valence-electron chi connectivity index (χ3n) is 5.16. The van der Waals surface area contributed by atoms with Gasteiger partial charge in [-0.25, -0.2) is 9.97 Å². The molecule has 4 rings (SSSR count). The zero-order chi connectivity index (χ0) is 19.2. The molecule has 1 N–H and O–H groups in total. The highest BCUT2D eigenvalue weighted by atomic mass is 32.2. The predicted molar refractivity (Wildman–Crippen MR) is 109 cm³/mol. The smallest absolute Gasteiger partial charge is 0.230 e. The van der Waals surface area contributed by atoms with Gasteiger partial charge in [0.1, 0.15) is 0 Å². The third kappa shape index (κ3) is 4.99. The molecule has 0 bridgehead atoms. The summed E-state index contributed by atoms with van der Waals surface area (Å²) in [7, 11) is 0. The molecule has 4 heterocycles. The number of nitrogens with one attached hydrogen (secondary N) is 1. The summed E-state index contributed by atoms with van der Waals surface area (Å²) in [5, 5.41) is 3.14. The van der Waals surface area contributed by atoms with Gasteiger partial charge in [-0.3, -0.25) is 9.78 Å². The number of hydrogen-bond acceptors (Lipinski definition) is 7. The summed E-state index contributed by atoms with van der Waals surface area (Å²) in [6.07, 6.45) is 8.28. The molecule has 1 atom stereocenters. The van der Waals surface area contributed by atoms with E-state index < -0.39 is 0 Å². The molecule has 8 heteroatoms. The van der Waals surface area contributed by atoms with Crippen molar-refractivity contribution in [2.24, 2.45) is 0 Å². The van der Waals surface area contributed by atoms with Crippen LogP contribution in [0.25, 0.3) is 0 Å². The van der Waals surface area contributed by atoms with E-state index in [2.05, 4.69) is 20.2 Å². The lowest BCUT2D eigenvalue weighted by molar-refractivity contribution is -0.119. The van der Waals surface area contributed by atoms with E-state index in [9.17, 15) is 4.79 Å². The van der Waals surface area contributed by atoms with Crippen LogP contribution >= 0.6 is 11.8 Å². The van der Waals surface area contributed by atoms with Crippen LogP contribution in [0.4, 0.5) is 5.95 Å². The van der Waals surface area contributed by atoms with Crippen LogP contribution in [0.15, 0.2) is 41.7 Å². The van der Waals surface area contributed by atoms with E-state index >= 15 is 0 Å². The van der Waals surface area contributed by atoms with Crippen molar-refractivity contribution in [1.29, 1.82) is 0 Å². The van der Waals surface area contributed by atoms with Crippen LogP contribution in [0.3, 0.4) is 0 Å². The van der Waals surface area contributed by atoms with E-state index in [4.69, 9.17) is 9.72 Å². The highest BCUT2D eigenvalue weighted by molar-refractivity contribution is 8.00. The minimum absolute atomic E-state index is 0.0607. The highest BCUT2D eigenvalue weighted by Gasteiger charge is 2.26. The van der Waals surface area contributed by atoms with Gasteiger partial charge in [-0.2, -0.15) is 0 Å². The Bertz CT molecular complexity index is 785. The maximum absolute atomic E-state index is 12.3. The minimum Gasteiger partial charge on any atom is -0.381 e. The summed E-state index contributed by atoms with van der Waals surface area (Å²) < 4.78 is 5.45. The van der Waals surface area contributed by atoms with Gasteiger partial charge in [0.2, 0.25) is 11.9 Å². The van der Waals surface area contributed by atoms with Crippen molar-refractivity contribution >= 4 is 23.6 Å². The second-order valence-corrected chi connectivity index (χ2v) is 8.19. The van der Waals surface area contributed by atoms with Crippen LogP contribution in [0.2, 0.25) is 0 Å². The van der Waals surface area contributed by atoms with E-state index in [1.807, 2.05) is 24.4 Å². The number of nitrogens with zero attached hydrogens (tertiary/aromatic N) is 4. The lowest BCUT2D eigenvalue weighted by Gasteiger charge is -2.23. The van der Waals surface area contributed by atoms with Gasteiger partial charge in [0.25, 0.3) is 0 Å². The normalized spacial score (nSPS) is 20.3. The number of pyridine rings is 1. The first-order chi connectivity index (χ1) is 13.8. The van der Waals surface area contributed by atoms with Crippen molar-refractivity contribution in [1.82, 2.24) is 20.3 Å². The standard InChI is InChI=1S/C20H25N5O2S/c26-19(14-28-17-1-7-21-8-2-17)23-16-4-10-25(13-16)20-22-9-3-18(24-20)15-5-11-27-12-6-15/h1-3,7-9,15-16H,4-6,10-14H2,(H,23,26). The summed E-state index contributed by atoms with van der Waals surface area (Å²) in [6, 6.07) is 5.99. The van der Waals surface area contributed by atoms with Crippen molar-refractivity contribution < 1.29 is 9.53 Å². The van der Waals surface area contributed by atoms with Gasteiger partial charge in [0.15, 0.2) is 0 Å². The number of hydrogen-bond donors (Lipinski definition) is 1. The zero-order valence-electron chi connectivity index (χ0n) is 15.8. The SMILES string of the molecule is O=C(CSc1ccncc1)NC1CCN(c2nccc(C3CCOCC3)n2)C1. The van der Waals surface area contributed by atoms with Crippen LogP contribution in [0.5, 0.6) is 0 Å². The first-order valence-electron chi connectivity index (χ1n) is 9.76. The summed E-state index contributed by atoms with van der Waals surface area (Å²) >= 11 is 1.53. The van der Waals surface area contributed by atoms with Crippen molar-refractivity contribution in [2.75, 3.05) is 37.0 Å². The largest absolute Gasteiger partial charge is 0.381 e. The molecule has 0 spiro atoms. The molecule has 1 amide bonds. The summed E-state index contributed by atoms with van der Waals surface area (Å²) in [4.78, 5) is 28.8. The number of amides is 1. The molecular formula is C20H25N5O2S. The second-order valence-electron chi connectivity index (χ2n) is 7.14. The molecule has 2 aromatic rings. The van der Waals surface area contributed by atoms with E-state index in [1.165, 1.54) is 11.8 Å². The number of carbonyl (C=O) groups excluding carboxylic acids is 1. The zero-order valence-corrected chi connectivity index (χ0v) is 16.6. The van der Waals surface area contributed by atoms with Gasteiger partial charge in [-0.15, -0.1) is 11.8 Å². The van der Waals surface area contributed by atoms with Gasteiger partial charge in [-0.05, 0) is 37.5 Å². The number of ether oxygens (including phenoxy) is 1. The molecule has 0 radical (unpaired) electrons. The molecule has 2 aliphatic heterocycles. The van der Waals surface area contributed by atoms with Crippen LogP contribution in [-0.2, 0) is 9.53 Å². The Kier molecular flexibility index (Phi) is 6.38. The molecule has 7 nitrogen and oxygen atoms in total. The van der Waals surface area contributed by atoms with E-state index in [-0.39, 0.29) is 11.9 Å². The predicted octanol–water partition coefficient (Wildman–Crippen LogP) is 2.25. The van der Waals surface area contributed by atoms with E-state index in [0.29, 0.717) is 11.7 Å². The molecule has 2 saturated heterocycles. The van der Waals surface area contributed by atoms with Gasteiger partial charge in [0.05, 0.1) is 5.75 Å². The fourth-order valence-electron chi connectivity index (χ4n) is 3.65. The molecule has 28 heavy (non-hydrogen) atoms. The molecule has 0 saturated carbocycles. The number of anilines is 1. The number of rotatable bonds is 6. The third-order valence-corrected chi connectivity index (χ3v) is 6.17. The fraction of sp³-hybridized carbons (Fsp3) is 0.500. The molecule has 0 aliphatic carbocycles. The van der Waals surface area contributed by atoms with Crippen LogP contribution in [-0.4, -0.2) is 59.0 Å². The maximum Gasteiger partial charge on any atom is 0.230 e. The van der Waals surface area contributed by atoms with Crippen LogP contribution < -0.4 is 10.2 Å². The quantitative estimate of drug-likeness (QED) is 0.746. The van der Waals surface area contributed by atoms with E-state index in [0.717, 1.165) is 62.1 Å². The fourth-order valence-corrected chi connectivity index (χ4v) is 4.34. The summed E-state index contributed by atoms with van der Waals surface area (Å²) in [5.74, 6) is 1.70. The first kappa shape index (κ1) is 19.1. The van der Waals surface area contributed by atoms with Gasteiger partial charge >= 0.3 is 0 Å². The van der Waals surface area contributed by atoms with Gasteiger partial charge in [-0.1, -0.05) is 0 Å². The van der Waals surface area contributed by atoms with Gasteiger partial charge in [0, 0.05) is 67.4 Å². The average molecular weight is 400 g/mol. The summed E-state index contributed by atoms with van der Waals surface area (Å²) in [5.41, 5.74) is 1.11. The van der Waals surface area contributed by atoms with Gasteiger partial charge < -0.3 is 15.0 Å². The Balaban J connectivity index is 1.28. The number of carbonyl (C=O) groups is 1. The molecule has 148 valence electrons. The minimum atomic E-state index is 0.0607. The molecular weight excluding hydrogens is 374 g/mol. The Morgan fingerprint density at radius 2 is 2.00 bits per heavy atom. The second kappa shape index (κ2) is 9.34. The Morgan fingerprint density at radius 3 is 2.82 bits per heavy atom. The molecule has 2 aromatic heterocycles. The summed E-state index contributed by atoms with van der Waals surface area (Å²) in [6.45, 7) is 3.22. The highest BCUT2D eigenvalue weighted by Crippen LogP contribution is 2.27. The van der Waals surface area contributed by atoms with Crippen molar-refractivity contribution in [3.63, 3.8) is 0 Å². The first-order valence-corrected chi connectivity index (χ1v) is 10.7. The molecule has 0 aromatic carbocycles. The monoisotopic (exact) mass is 399 g/mol. The lowest BCUT2D eigenvalue weighted by atomic mass is 9.96. The van der Waals surface area contributed by atoms with Crippen molar-refractivity contribution in [2.45, 2.75) is 36.1 Å². The topological polar surface area (TPSA) is 80.2 Å².